The number of esters is 1. The maximum absolute atomic E-state index is 13.9. The second-order valence-electron chi connectivity index (χ2n) is 6.87. The first-order valence-electron chi connectivity index (χ1n) is 9.57. The van der Waals surface area contributed by atoms with Crippen LogP contribution in [0.15, 0.2) is 65.3 Å². The van der Waals surface area contributed by atoms with E-state index in [1.165, 1.54) is 19.3 Å². The molecule has 168 valence electrons. The standard InChI is InChI=1S/C24H15ClF3NO4/c1-31-21-7-6-13(9-22(21)32-12-14-4-2-3-5-17(14)26)8-20-24(30)33-23(29-20)15-10-18(27)19(28)11-16(15)25/h2-11H,12H2,1H3/b20-8-. The molecule has 0 saturated carbocycles. The topological polar surface area (TPSA) is 57.1 Å². The predicted octanol–water partition coefficient (Wildman–Crippen LogP) is 5.69. The zero-order valence-electron chi connectivity index (χ0n) is 17.1. The van der Waals surface area contributed by atoms with Crippen LogP contribution in [0, 0.1) is 17.5 Å². The van der Waals surface area contributed by atoms with E-state index in [9.17, 15) is 18.0 Å². The minimum Gasteiger partial charge on any atom is -0.493 e. The van der Waals surface area contributed by atoms with Gasteiger partial charge < -0.3 is 14.2 Å². The van der Waals surface area contributed by atoms with Crippen molar-refractivity contribution in [2.75, 3.05) is 7.11 Å². The first kappa shape index (κ1) is 22.4. The fraction of sp³-hybridized carbons (Fsp3) is 0.0833. The van der Waals surface area contributed by atoms with Crippen LogP contribution in [0.25, 0.3) is 6.08 Å². The highest BCUT2D eigenvalue weighted by Gasteiger charge is 2.27. The Hall–Kier alpha value is -3.78. The lowest BCUT2D eigenvalue weighted by molar-refractivity contribution is -0.129. The predicted molar refractivity (Wildman–Crippen MR) is 116 cm³/mol. The molecule has 1 aliphatic rings. The molecule has 0 aromatic heterocycles. The summed E-state index contributed by atoms with van der Waals surface area (Å²) in [6.45, 7) is -0.0397. The number of nitrogens with zero attached hydrogens (tertiary/aromatic N) is 1. The van der Waals surface area contributed by atoms with Gasteiger partial charge in [-0.3, -0.25) is 0 Å². The number of carbonyl (C=O) groups excluding carboxylic acids is 1. The van der Waals surface area contributed by atoms with Crippen LogP contribution < -0.4 is 9.47 Å². The van der Waals surface area contributed by atoms with E-state index in [4.69, 9.17) is 25.8 Å². The average Bonchev–Trinajstić information content (AvgIpc) is 3.15. The highest BCUT2D eigenvalue weighted by atomic mass is 35.5. The van der Waals surface area contributed by atoms with Crippen molar-refractivity contribution in [2.45, 2.75) is 6.61 Å². The van der Waals surface area contributed by atoms with Crippen molar-refractivity contribution >= 4 is 29.5 Å². The van der Waals surface area contributed by atoms with Gasteiger partial charge in [-0.1, -0.05) is 35.9 Å². The van der Waals surface area contributed by atoms with Gasteiger partial charge in [0.1, 0.15) is 12.4 Å². The number of cyclic esters (lactones) is 1. The summed E-state index contributed by atoms with van der Waals surface area (Å²) in [6, 6.07) is 12.6. The van der Waals surface area contributed by atoms with Gasteiger partial charge >= 0.3 is 5.97 Å². The molecule has 0 atom stereocenters. The summed E-state index contributed by atoms with van der Waals surface area (Å²) < 4.78 is 56.9. The SMILES string of the molecule is COc1ccc(/C=C2\N=C(c3cc(F)c(F)cc3Cl)OC2=O)cc1OCc1ccccc1F. The summed E-state index contributed by atoms with van der Waals surface area (Å²) in [5.41, 5.74) is 0.722. The summed E-state index contributed by atoms with van der Waals surface area (Å²) in [4.78, 5) is 16.3. The quantitative estimate of drug-likeness (QED) is 0.262. The third-order valence-electron chi connectivity index (χ3n) is 4.69. The third-order valence-corrected chi connectivity index (χ3v) is 5.01. The summed E-state index contributed by atoms with van der Waals surface area (Å²) in [5, 5.41) is -0.157. The molecule has 33 heavy (non-hydrogen) atoms. The molecular weight excluding hydrogens is 459 g/mol. The number of hydrogen-bond acceptors (Lipinski definition) is 5. The lowest BCUT2D eigenvalue weighted by atomic mass is 10.1. The Morgan fingerprint density at radius 2 is 1.76 bits per heavy atom. The van der Waals surface area contributed by atoms with Gasteiger partial charge in [-0.05, 0) is 42.0 Å². The molecular formula is C24H15ClF3NO4. The van der Waals surface area contributed by atoms with E-state index in [0.717, 1.165) is 12.1 Å². The Bertz CT molecular complexity index is 1310. The zero-order chi connectivity index (χ0) is 23.5. The van der Waals surface area contributed by atoms with Crippen molar-refractivity contribution in [2.24, 2.45) is 4.99 Å². The van der Waals surface area contributed by atoms with Gasteiger partial charge in [0.15, 0.2) is 28.8 Å². The molecule has 0 saturated heterocycles. The molecule has 0 N–H and O–H groups in total. The fourth-order valence-electron chi connectivity index (χ4n) is 3.04. The molecule has 0 bridgehead atoms. The van der Waals surface area contributed by atoms with Crippen LogP contribution in [0.2, 0.25) is 5.02 Å². The number of halogens is 4. The molecule has 1 aliphatic heterocycles. The molecule has 0 spiro atoms. The highest BCUT2D eigenvalue weighted by molar-refractivity contribution is 6.34. The summed E-state index contributed by atoms with van der Waals surface area (Å²) >= 11 is 5.93. The zero-order valence-corrected chi connectivity index (χ0v) is 17.8. The van der Waals surface area contributed by atoms with Crippen LogP contribution in [0.1, 0.15) is 16.7 Å². The number of rotatable bonds is 6. The smallest absolute Gasteiger partial charge is 0.363 e. The van der Waals surface area contributed by atoms with E-state index < -0.39 is 23.4 Å². The van der Waals surface area contributed by atoms with Crippen molar-refractivity contribution in [3.63, 3.8) is 0 Å². The van der Waals surface area contributed by atoms with E-state index in [1.54, 1.807) is 36.4 Å². The molecule has 0 amide bonds. The lowest BCUT2D eigenvalue weighted by Gasteiger charge is -2.12. The fourth-order valence-corrected chi connectivity index (χ4v) is 3.27. The largest absolute Gasteiger partial charge is 0.493 e. The molecule has 3 aromatic carbocycles. The Labute approximate surface area is 191 Å². The Morgan fingerprint density at radius 3 is 2.52 bits per heavy atom. The van der Waals surface area contributed by atoms with Crippen LogP contribution in [0.3, 0.4) is 0 Å². The van der Waals surface area contributed by atoms with Gasteiger partial charge in [-0.2, -0.15) is 0 Å². The van der Waals surface area contributed by atoms with Crippen molar-refractivity contribution in [1.82, 2.24) is 0 Å². The minimum absolute atomic E-state index is 0.0397. The summed E-state index contributed by atoms with van der Waals surface area (Å²) in [7, 11) is 1.46. The van der Waals surface area contributed by atoms with Crippen molar-refractivity contribution in [3.8, 4) is 11.5 Å². The molecule has 0 unspecified atom stereocenters. The van der Waals surface area contributed by atoms with E-state index in [1.807, 2.05) is 0 Å². The average molecular weight is 474 g/mol. The lowest BCUT2D eigenvalue weighted by Crippen LogP contribution is -2.07. The van der Waals surface area contributed by atoms with Crippen LogP contribution in [-0.4, -0.2) is 19.0 Å². The number of aliphatic imine (C=N–C) groups is 1. The van der Waals surface area contributed by atoms with Crippen LogP contribution in [0.4, 0.5) is 13.2 Å². The Morgan fingerprint density at radius 1 is 1.00 bits per heavy atom. The van der Waals surface area contributed by atoms with Crippen molar-refractivity contribution in [3.05, 3.63) is 99.5 Å². The molecule has 0 radical (unpaired) electrons. The molecule has 4 rings (SSSR count). The second-order valence-corrected chi connectivity index (χ2v) is 7.28. The van der Waals surface area contributed by atoms with Crippen molar-refractivity contribution in [1.29, 1.82) is 0 Å². The number of methoxy groups -OCH3 is 1. The Kier molecular flexibility index (Phi) is 6.37. The van der Waals surface area contributed by atoms with Crippen LogP contribution >= 0.6 is 11.6 Å². The van der Waals surface area contributed by atoms with Gasteiger partial charge in [0.05, 0.1) is 17.7 Å². The first-order valence-corrected chi connectivity index (χ1v) is 9.95. The summed E-state index contributed by atoms with van der Waals surface area (Å²) in [5.74, 6) is -3.02. The highest BCUT2D eigenvalue weighted by Crippen LogP contribution is 2.31. The first-order chi connectivity index (χ1) is 15.9. The van der Waals surface area contributed by atoms with E-state index in [2.05, 4.69) is 4.99 Å². The van der Waals surface area contributed by atoms with E-state index in [0.29, 0.717) is 22.6 Å². The van der Waals surface area contributed by atoms with Crippen molar-refractivity contribution < 1.29 is 32.2 Å². The molecule has 3 aromatic rings. The van der Waals surface area contributed by atoms with Gasteiger partial charge in [-0.15, -0.1) is 0 Å². The van der Waals surface area contributed by atoms with E-state index >= 15 is 0 Å². The van der Waals surface area contributed by atoms with Crippen LogP contribution in [-0.2, 0) is 16.1 Å². The van der Waals surface area contributed by atoms with Gasteiger partial charge in [0, 0.05) is 5.56 Å². The maximum atomic E-state index is 13.9. The van der Waals surface area contributed by atoms with Gasteiger partial charge in [-0.25, -0.2) is 23.0 Å². The van der Waals surface area contributed by atoms with Gasteiger partial charge in [0.2, 0.25) is 5.90 Å². The third kappa shape index (κ3) is 4.85. The molecule has 0 aliphatic carbocycles. The van der Waals surface area contributed by atoms with Gasteiger partial charge in [0.25, 0.3) is 0 Å². The Balaban J connectivity index is 1.62. The van der Waals surface area contributed by atoms with E-state index in [-0.39, 0.29) is 28.8 Å². The number of benzene rings is 3. The van der Waals surface area contributed by atoms with Crippen LogP contribution in [0.5, 0.6) is 11.5 Å². The maximum Gasteiger partial charge on any atom is 0.363 e. The molecule has 0 fully saturated rings. The minimum atomic E-state index is -1.16. The summed E-state index contributed by atoms with van der Waals surface area (Å²) in [6.07, 6.45) is 1.42. The molecule has 1 heterocycles. The molecule has 5 nitrogen and oxygen atoms in total. The number of carbonyl (C=O) groups is 1. The molecule has 9 heteroatoms. The normalized spacial score (nSPS) is 14.3. The number of hydrogen-bond donors (Lipinski definition) is 0. The second kappa shape index (κ2) is 9.38. The number of ether oxygens (including phenoxy) is 3. The monoisotopic (exact) mass is 473 g/mol.